The zero-order valence-electron chi connectivity index (χ0n) is 15.0. The van der Waals surface area contributed by atoms with E-state index in [1.54, 1.807) is 42.1 Å². The van der Waals surface area contributed by atoms with E-state index in [9.17, 15) is 9.59 Å². The number of nitrogens with one attached hydrogen (secondary N) is 1. The van der Waals surface area contributed by atoms with Crippen molar-refractivity contribution in [2.45, 2.75) is 4.90 Å². The molecule has 0 saturated carbocycles. The smallest absolute Gasteiger partial charge is 0.325 e. The summed E-state index contributed by atoms with van der Waals surface area (Å²) in [5.41, 5.74) is 0.331. The topological polar surface area (TPSA) is 73.9 Å². The number of benzene rings is 2. The first-order valence-corrected chi connectivity index (χ1v) is 9.43. The number of carbonyl (C=O) groups is 2. The van der Waals surface area contributed by atoms with Gasteiger partial charge in [0.15, 0.2) is 0 Å². The number of carbonyl (C=O) groups excluding carboxylic acids is 2. The Morgan fingerprint density at radius 2 is 1.67 bits per heavy atom. The van der Waals surface area contributed by atoms with Gasteiger partial charge in [-0.25, -0.2) is 0 Å². The summed E-state index contributed by atoms with van der Waals surface area (Å²) in [6.07, 6.45) is 0. The predicted octanol–water partition coefficient (Wildman–Crippen LogP) is 3.42. The van der Waals surface area contributed by atoms with Gasteiger partial charge in [0.1, 0.15) is 24.7 Å². The Hall–Kier alpha value is -2.38. The second-order valence-corrected chi connectivity index (χ2v) is 6.91. The molecule has 0 atom stereocenters. The minimum absolute atomic E-state index is 0.218. The first-order valence-electron chi connectivity index (χ1n) is 8.07. The van der Waals surface area contributed by atoms with Crippen LogP contribution in [0, 0.1) is 0 Å². The summed E-state index contributed by atoms with van der Waals surface area (Å²) in [6, 6.07) is 12.2. The molecule has 1 N–H and O–H groups in total. The third-order valence-corrected chi connectivity index (χ3v) is 4.66. The van der Waals surface area contributed by atoms with E-state index in [0.717, 1.165) is 4.90 Å². The molecule has 144 valence electrons. The van der Waals surface area contributed by atoms with Crippen LogP contribution in [0.5, 0.6) is 11.5 Å². The van der Waals surface area contributed by atoms with Gasteiger partial charge in [-0.15, -0.1) is 11.8 Å². The quantitative estimate of drug-likeness (QED) is 0.388. The molecule has 1 amide bonds. The molecule has 2 aromatic carbocycles. The molecule has 0 aliphatic heterocycles. The zero-order chi connectivity index (χ0) is 19.6. The maximum absolute atomic E-state index is 12.2. The van der Waals surface area contributed by atoms with E-state index in [0.29, 0.717) is 27.8 Å². The van der Waals surface area contributed by atoms with E-state index < -0.39 is 11.9 Å². The summed E-state index contributed by atoms with van der Waals surface area (Å²) < 4.78 is 15.4. The number of methoxy groups -OCH3 is 2. The normalized spacial score (nSPS) is 10.2. The molecule has 8 heteroatoms. The monoisotopic (exact) mass is 409 g/mol. The largest absolute Gasteiger partial charge is 0.497 e. The number of halogens is 1. The molecule has 2 aromatic rings. The second kappa shape index (κ2) is 10.7. The molecular formula is C19H20ClNO5S. The fraction of sp³-hybridized carbons (Fsp3) is 0.263. The summed E-state index contributed by atoms with van der Waals surface area (Å²) in [6.45, 7) is 0.0267. The molecule has 2 rings (SSSR count). The number of ether oxygens (including phenoxy) is 3. The third kappa shape index (κ3) is 7.03. The van der Waals surface area contributed by atoms with Crippen molar-refractivity contribution >= 4 is 35.2 Å². The van der Waals surface area contributed by atoms with Crippen molar-refractivity contribution in [3.63, 3.8) is 0 Å². The van der Waals surface area contributed by atoms with E-state index in [1.807, 2.05) is 12.1 Å². The Kier molecular flexibility index (Phi) is 8.29. The molecule has 0 saturated heterocycles. The lowest BCUT2D eigenvalue weighted by molar-refractivity contribution is -0.141. The van der Waals surface area contributed by atoms with Crippen molar-refractivity contribution in [3.05, 3.63) is 53.1 Å². The highest BCUT2D eigenvalue weighted by Gasteiger charge is 2.12. The van der Waals surface area contributed by atoms with Gasteiger partial charge >= 0.3 is 5.97 Å². The van der Waals surface area contributed by atoms with Gasteiger partial charge in [-0.1, -0.05) is 11.6 Å². The predicted molar refractivity (Wildman–Crippen MR) is 105 cm³/mol. The number of hydrogen-bond acceptors (Lipinski definition) is 6. The minimum atomic E-state index is -0.505. The van der Waals surface area contributed by atoms with Crippen LogP contribution in [0.2, 0.25) is 5.02 Å². The van der Waals surface area contributed by atoms with Crippen LogP contribution in [0.1, 0.15) is 10.4 Å². The molecule has 0 fully saturated rings. The summed E-state index contributed by atoms with van der Waals surface area (Å²) >= 11 is 7.38. The summed E-state index contributed by atoms with van der Waals surface area (Å²) in [5.74, 6) is 0.659. The third-order valence-electron chi connectivity index (χ3n) is 3.44. The Morgan fingerprint density at radius 1 is 1.04 bits per heavy atom. The lowest BCUT2D eigenvalue weighted by Crippen LogP contribution is -2.31. The van der Waals surface area contributed by atoms with E-state index >= 15 is 0 Å². The minimum Gasteiger partial charge on any atom is -0.497 e. The van der Waals surface area contributed by atoms with Crippen molar-refractivity contribution in [1.82, 2.24) is 5.32 Å². The SMILES string of the molecule is COc1cc(OC)cc(C(=O)NCC(=O)OCCSc2ccc(Cl)cc2)c1. The van der Waals surface area contributed by atoms with Gasteiger partial charge in [0.25, 0.3) is 5.91 Å². The zero-order valence-corrected chi connectivity index (χ0v) is 16.6. The second-order valence-electron chi connectivity index (χ2n) is 5.31. The highest BCUT2D eigenvalue weighted by molar-refractivity contribution is 7.99. The van der Waals surface area contributed by atoms with Gasteiger partial charge in [0, 0.05) is 27.3 Å². The number of hydrogen-bond donors (Lipinski definition) is 1. The fourth-order valence-corrected chi connectivity index (χ4v) is 2.95. The molecule has 27 heavy (non-hydrogen) atoms. The first kappa shape index (κ1) is 20.9. The van der Waals surface area contributed by atoms with E-state index in [2.05, 4.69) is 5.32 Å². The van der Waals surface area contributed by atoms with Crippen molar-refractivity contribution in [2.24, 2.45) is 0 Å². The molecule has 0 aromatic heterocycles. The van der Waals surface area contributed by atoms with Gasteiger partial charge in [-0.05, 0) is 36.4 Å². The van der Waals surface area contributed by atoms with Gasteiger partial charge < -0.3 is 19.5 Å². The molecule has 0 aliphatic carbocycles. The van der Waals surface area contributed by atoms with Gasteiger partial charge in [-0.2, -0.15) is 0 Å². The van der Waals surface area contributed by atoms with Crippen LogP contribution < -0.4 is 14.8 Å². The number of amides is 1. The Balaban J connectivity index is 1.73. The highest BCUT2D eigenvalue weighted by atomic mass is 35.5. The van der Waals surface area contributed by atoms with Crippen LogP contribution in [0.15, 0.2) is 47.4 Å². The fourth-order valence-electron chi connectivity index (χ4n) is 2.09. The molecular weight excluding hydrogens is 390 g/mol. The Morgan fingerprint density at radius 3 is 2.26 bits per heavy atom. The van der Waals surface area contributed by atoms with Crippen LogP contribution in [0.3, 0.4) is 0 Å². The van der Waals surface area contributed by atoms with E-state index in [-0.39, 0.29) is 13.2 Å². The maximum Gasteiger partial charge on any atom is 0.325 e. The summed E-state index contributed by atoms with van der Waals surface area (Å²) in [7, 11) is 2.99. The average molecular weight is 410 g/mol. The van der Waals surface area contributed by atoms with Crippen LogP contribution in [-0.4, -0.2) is 45.0 Å². The van der Waals surface area contributed by atoms with Gasteiger partial charge in [-0.3, -0.25) is 9.59 Å². The lowest BCUT2D eigenvalue weighted by Gasteiger charge is -2.09. The highest BCUT2D eigenvalue weighted by Crippen LogP contribution is 2.22. The Bertz CT molecular complexity index is 760. The average Bonchev–Trinajstić information content (AvgIpc) is 2.70. The molecule has 0 radical (unpaired) electrons. The Labute approximate surface area is 167 Å². The molecule has 0 spiro atoms. The summed E-state index contributed by atoms with van der Waals surface area (Å²) in [4.78, 5) is 25.0. The maximum atomic E-state index is 12.2. The van der Waals surface area contributed by atoms with Crippen molar-refractivity contribution in [3.8, 4) is 11.5 Å². The van der Waals surface area contributed by atoms with Gasteiger partial charge in [0.2, 0.25) is 0 Å². The van der Waals surface area contributed by atoms with Crippen LogP contribution >= 0.6 is 23.4 Å². The van der Waals surface area contributed by atoms with Crippen molar-refractivity contribution in [2.75, 3.05) is 33.1 Å². The number of rotatable bonds is 9. The van der Waals surface area contributed by atoms with Crippen molar-refractivity contribution < 1.29 is 23.8 Å². The van der Waals surface area contributed by atoms with Crippen LogP contribution in [-0.2, 0) is 9.53 Å². The van der Waals surface area contributed by atoms with Gasteiger partial charge in [0.05, 0.1) is 14.2 Å². The molecule has 6 nitrogen and oxygen atoms in total. The van der Waals surface area contributed by atoms with Crippen LogP contribution in [0.25, 0.3) is 0 Å². The first-order chi connectivity index (χ1) is 13.0. The van der Waals surface area contributed by atoms with Crippen LogP contribution in [0.4, 0.5) is 0 Å². The number of thioether (sulfide) groups is 1. The molecule has 0 heterocycles. The lowest BCUT2D eigenvalue weighted by atomic mass is 10.2. The standard InChI is InChI=1S/C19H20ClNO5S/c1-24-15-9-13(10-16(11-15)25-2)19(23)21-12-18(22)26-7-8-27-17-5-3-14(20)4-6-17/h3-6,9-11H,7-8,12H2,1-2H3,(H,21,23). The summed E-state index contributed by atoms with van der Waals surface area (Å²) in [5, 5.41) is 3.20. The molecule has 0 bridgehead atoms. The molecule has 0 unspecified atom stereocenters. The van der Waals surface area contributed by atoms with Crippen molar-refractivity contribution in [1.29, 1.82) is 0 Å². The number of esters is 1. The molecule has 0 aliphatic rings. The van der Waals surface area contributed by atoms with E-state index in [1.165, 1.54) is 14.2 Å². The van der Waals surface area contributed by atoms with E-state index in [4.69, 9.17) is 25.8 Å².